The van der Waals surface area contributed by atoms with Gasteiger partial charge in [0.25, 0.3) is 0 Å². The van der Waals surface area contributed by atoms with Crippen LogP contribution in [0, 0.1) is 18.6 Å². The van der Waals surface area contributed by atoms with Crippen molar-refractivity contribution in [3.63, 3.8) is 0 Å². The van der Waals surface area contributed by atoms with Gasteiger partial charge in [0.1, 0.15) is 0 Å². The van der Waals surface area contributed by atoms with E-state index in [2.05, 4.69) is 77.9 Å². The molecule has 22 heavy (non-hydrogen) atoms. The second kappa shape index (κ2) is 6.15. The average Bonchev–Trinajstić information content (AvgIpc) is 2.89. The fourth-order valence-corrected chi connectivity index (χ4v) is 2.52. The molecular formula is C17H18N4S. The van der Waals surface area contributed by atoms with Crippen molar-refractivity contribution >= 4 is 17.9 Å². The first-order chi connectivity index (χ1) is 10.6. The van der Waals surface area contributed by atoms with Crippen LogP contribution in [0.25, 0.3) is 5.69 Å². The van der Waals surface area contributed by atoms with Gasteiger partial charge in [-0.25, -0.2) is 0 Å². The van der Waals surface area contributed by atoms with Crippen molar-refractivity contribution in [1.29, 1.82) is 0 Å². The highest BCUT2D eigenvalue weighted by atomic mass is 32.1. The quantitative estimate of drug-likeness (QED) is 0.711. The van der Waals surface area contributed by atoms with Crippen LogP contribution >= 0.6 is 12.2 Å². The van der Waals surface area contributed by atoms with Crippen LogP contribution in [0.15, 0.2) is 48.5 Å². The van der Waals surface area contributed by atoms with Crippen LogP contribution in [0.5, 0.6) is 0 Å². The Kier molecular flexibility index (Phi) is 4.06. The molecule has 0 aliphatic carbocycles. The molecule has 3 aromatic rings. The van der Waals surface area contributed by atoms with Crippen molar-refractivity contribution in [2.45, 2.75) is 20.4 Å². The molecule has 1 aromatic heterocycles. The van der Waals surface area contributed by atoms with Gasteiger partial charge in [-0.15, -0.1) is 0 Å². The molecule has 112 valence electrons. The highest BCUT2D eigenvalue weighted by Gasteiger charge is 2.08. The second-order valence-electron chi connectivity index (χ2n) is 5.34. The molecule has 0 saturated heterocycles. The lowest BCUT2D eigenvalue weighted by Gasteiger charge is -2.09. The predicted molar refractivity (Wildman–Crippen MR) is 92.0 cm³/mol. The Hall–Kier alpha value is -2.40. The highest BCUT2D eigenvalue weighted by Crippen LogP contribution is 2.14. The maximum atomic E-state index is 5.35. The lowest BCUT2D eigenvalue weighted by atomic mass is 10.2. The number of hydrogen-bond acceptors (Lipinski definition) is 3. The Morgan fingerprint density at radius 1 is 1.00 bits per heavy atom. The fraction of sp³-hybridized carbons (Fsp3) is 0.176. The minimum absolute atomic E-state index is 0.601. The van der Waals surface area contributed by atoms with Crippen LogP contribution in [-0.2, 0) is 6.54 Å². The number of anilines is 1. The number of benzene rings is 2. The van der Waals surface area contributed by atoms with E-state index in [0.717, 1.165) is 17.2 Å². The van der Waals surface area contributed by atoms with Gasteiger partial charge in [0.15, 0.2) is 10.6 Å². The molecule has 5 heteroatoms. The third-order valence-corrected chi connectivity index (χ3v) is 3.81. The number of nitrogens with zero attached hydrogens (tertiary/aromatic N) is 2. The summed E-state index contributed by atoms with van der Waals surface area (Å²) < 4.78 is 2.56. The second-order valence-corrected chi connectivity index (χ2v) is 5.72. The first-order valence-electron chi connectivity index (χ1n) is 7.17. The molecule has 0 bridgehead atoms. The Labute approximate surface area is 134 Å². The van der Waals surface area contributed by atoms with Crippen molar-refractivity contribution in [3.8, 4) is 5.69 Å². The molecule has 0 unspecified atom stereocenters. The van der Waals surface area contributed by atoms with Crippen molar-refractivity contribution in [2.75, 3.05) is 5.32 Å². The molecule has 4 nitrogen and oxygen atoms in total. The summed E-state index contributed by atoms with van der Waals surface area (Å²) in [6.45, 7) is 4.74. The average molecular weight is 310 g/mol. The zero-order valence-electron chi connectivity index (χ0n) is 12.6. The lowest BCUT2D eigenvalue weighted by Crippen LogP contribution is -2.07. The molecule has 0 spiro atoms. The van der Waals surface area contributed by atoms with Crippen molar-refractivity contribution < 1.29 is 0 Å². The number of nitrogens with one attached hydrogen (secondary N) is 2. The van der Waals surface area contributed by atoms with E-state index < -0.39 is 0 Å². The minimum atomic E-state index is 0.601. The summed E-state index contributed by atoms with van der Waals surface area (Å²) in [6, 6.07) is 16.5. The summed E-state index contributed by atoms with van der Waals surface area (Å²) in [6.07, 6.45) is 0. The third-order valence-electron chi connectivity index (χ3n) is 3.54. The molecular weight excluding hydrogens is 292 g/mol. The van der Waals surface area contributed by atoms with Crippen LogP contribution in [0.2, 0.25) is 0 Å². The molecule has 2 N–H and O–H groups in total. The first kappa shape index (κ1) is 14.5. The summed E-state index contributed by atoms with van der Waals surface area (Å²) in [7, 11) is 0. The third kappa shape index (κ3) is 3.09. The van der Waals surface area contributed by atoms with E-state index in [1.54, 1.807) is 0 Å². The van der Waals surface area contributed by atoms with Gasteiger partial charge in [0.2, 0.25) is 0 Å². The van der Waals surface area contributed by atoms with Gasteiger partial charge in [0, 0.05) is 11.4 Å². The van der Waals surface area contributed by atoms with Crippen molar-refractivity contribution in [1.82, 2.24) is 14.8 Å². The molecule has 0 fully saturated rings. The summed E-state index contributed by atoms with van der Waals surface area (Å²) >= 11 is 5.35. The van der Waals surface area contributed by atoms with Gasteiger partial charge < -0.3 is 5.32 Å². The smallest absolute Gasteiger partial charge is 0.199 e. The summed E-state index contributed by atoms with van der Waals surface area (Å²) in [5.74, 6) is 0.856. The Bertz CT molecular complexity index is 813. The molecule has 3 rings (SSSR count). The summed E-state index contributed by atoms with van der Waals surface area (Å²) in [5, 5.41) is 10.6. The normalized spacial score (nSPS) is 10.6. The van der Waals surface area contributed by atoms with Crippen molar-refractivity contribution in [3.05, 3.63) is 70.3 Å². The first-order valence-corrected chi connectivity index (χ1v) is 7.58. The Morgan fingerprint density at radius 3 is 2.23 bits per heavy atom. The molecule has 0 saturated carbocycles. The SMILES string of the molecule is Cc1ccc(NCc2n[nH]c(=S)n2-c2ccc(C)cc2)cc1. The van der Waals surface area contributed by atoms with E-state index in [4.69, 9.17) is 12.2 Å². The van der Waals surface area contributed by atoms with Crippen LogP contribution in [0.4, 0.5) is 5.69 Å². The van der Waals surface area contributed by atoms with E-state index >= 15 is 0 Å². The van der Waals surface area contributed by atoms with Crippen LogP contribution < -0.4 is 5.32 Å². The standard InChI is InChI=1S/C17H18N4S/c1-12-3-7-14(8-4-12)18-11-16-19-20-17(22)21(16)15-9-5-13(2)6-10-15/h3-10,18H,11H2,1-2H3,(H,20,22). The maximum Gasteiger partial charge on any atom is 0.199 e. The molecule has 0 aliphatic heterocycles. The largest absolute Gasteiger partial charge is 0.378 e. The van der Waals surface area contributed by atoms with Gasteiger partial charge in [-0.1, -0.05) is 35.4 Å². The zero-order chi connectivity index (χ0) is 15.5. The topological polar surface area (TPSA) is 45.6 Å². The zero-order valence-corrected chi connectivity index (χ0v) is 13.4. The van der Waals surface area contributed by atoms with Gasteiger partial charge in [0.05, 0.1) is 6.54 Å². The number of H-pyrrole nitrogens is 1. The predicted octanol–water partition coefficient (Wildman–Crippen LogP) is 4.16. The fourth-order valence-electron chi connectivity index (χ4n) is 2.26. The summed E-state index contributed by atoms with van der Waals surface area (Å²) in [4.78, 5) is 0. The number of aromatic nitrogens is 3. The number of hydrogen-bond donors (Lipinski definition) is 2. The van der Waals surface area contributed by atoms with Gasteiger partial charge in [-0.05, 0) is 50.3 Å². The monoisotopic (exact) mass is 310 g/mol. The molecule has 1 heterocycles. The van der Waals surface area contributed by atoms with Crippen molar-refractivity contribution in [2.24, 2.45) is 0 Å². The minimum Gasteiger partial charge on any atom is -0.378 e. The van der Waals surface area contributed by atoms with E-state index in [0.29, 0.717) is 11.3 Å². The Morgan fingerprint density at radius 2 is 1.59 bits per heavy atom. The van der Waals surface area contributed by atoms with E-state index in [-0.39, 0.29) is 0 Å². The van der Waals surface area contributed by atoms with Crippen LogP contribution in [-0.4, -0.2) is 14.8 Å². The van der Waals surface area contributed by atoms with E-state index in [9.17, 15) is 0 Å². The Balaban J connectivity index is 1.84. The van der Waals surface area contributed by atoms with Gasteiger partial charge >= 0.3 is 0 Å². The summed E-state index contributed by atoms with van der Waals surface area (Å²) in [5.41, 5.74) is 4.55. The lowest BCUT2D eigenvalue weighted by molar-refractivity contribution is 0.887. The molecule has 0 aliphatic rings. The van der Waals surface area contributed by atoms with Gasteiger partial charge in [-0.3, -0.25) is 9.67 Å². The molecule has 0 amide bonds. The van der Waals surface area contributed by atoms with Crippen LogP contribution in [0.3, 0.4) is 0 Å². The number of rotatable bonds is 4. The van der Waals surface area contributed by atoms with Crippen LogP contribution in [0.1, 0.15) is 17.0 Å². The van der Waals surface area contributed by atoms with E-state index in [1.807, 2.05) is 4.57 Å². The molecule has 2 aromatic carbocycles. The molecule has 0 atom stereocenters. The number of aryl methyl sites for hydroxylation is 2. The highest BCUT2D eigenvalue weighted by molar-refractivity contribution is 7.71. The van der Waals surface area contributed by atoms with E-state index in [1.165, 1.54) is 11.1 Å². The van der Waals surface area contributed by atoms with Gasteiger partial charge in [-0.2, -0.15) is 5.10 Å². The number of aromatic amines is 1. The maximum absolute atomic E-state index is 5.35. The molecule has 0 radical (unpaired) electrons.